The lowest BCUT2D eigenvalue weighted by molar-refractivity contribution is -0.167. The molecule has 0 bridgehead atoms. The average Bonchev–Trinajstić information content (AvgIpc) is 2.38. The van der Waals surface area contributed by atoms with Crippen molar-refractivity contribution in [3.63, 3.8) is 0 Å². The van der Waals surface area contributed by atoms with Gasteiger partial charge in [-0.15, -0.1) is 0 Å². The minimum atomic E-state index is -4.14. The van der Waals surface area contributed by atoms with Gasteiger partial charge in [0.25, 0.3) is 0 Å². The summed E-state index contributed by atoms with van der Waals surface area (Å²) in [5.41, 5.74) is 0.504. The van der Waals surface area contributed by atoms with Crippen LogP contribution >= 0.6 is 0 Å². The zero-order chi connectivity index (χ0) is 14.3. The number of halogens is 4. The zero-order valence-electron chi connectivity index (χ0n) is 10.3. The van der Waals surface area contributed by atoms with E-state index in [-0.39, 0.29) is 6.61 Å². The predicted octanol–water partition coefficient (Wildman–Crippen LogP) is 2.04. The van der Waals surface area contributed by atoms with Gasteiger partial charge in [0.05, 0.1) is 24.5 Å². The van der Waals surface area contributed by atoms with Crippen LogP contribution in [-0.2, 0) is 4.74 Å². The van der Waals surface area contributed by atoms with Crippen LogP contribution in [0.5, 0.6) is 0 Å². The molecule has 8 heteroatoms. The number of alkyl halides is 4. The van der Waals surface area contributed by atoms with Crippen LogP contribution in [0.4, 0.5) is 17.6 Å². The van der Waals surface area contributed by atoms with Crippen LogP contribution in [0.15, 0.2) is 18.6 Å². The van der Waals surface area contributed by atoms with Crippen molar-refractivity contribution in [2.75, 3.05) is 19.8 Å². The number of aromatic nitrogens is 2. The first-order valence-electron chi connectivity index (χ1n) is 5.70. The predicted molar refractivity (Wildman–Crippen MR) is 60.2 cm³/mol. The van der Waals surface area contributed by atoms with E-state index in [4.69, 9.17) is 0 Å². The lowest BCUT2D eigenvalue weighted by Crippen LogP contribution is -2.34. The third kappa shape index (κ3) is 5.07. The van der Waals surface area contributed by atoms with Gasteiger partial charge in [-0.3, -0.25) is 9.97 Å². The summed E-state index contributed by atoms with van der Waals surface area (Å²) in [7, 11) is 0. The molecule has 1 aromatic rings. The first kappa shape index (κ1) is 15.8. The molecule has 0 aliphatic heterocycles. The maximum atomic E-state index is 12.7. The van der Waals surface area contributed by atoms with Gasteiger partial charge in [0.2, 0.25) is 0 Å². The zero-order valence-corrected chi connectivity index (χ0v) is 10.3. The van der Waals surface area contributed by atoms with E-state index in [0.29, 0.717) is 12.2 Å². The highest BCUT2D eigenvalue weighted by atomic mass is 19.3. The second-order valence-electron chi connectivity index (χ2n) is 3.82. The minimum absolute atomic E-state index is 0.186. The number of likely N-dealkylation sites (N-methyl/N-ethyl adjacent to an activating group) is 1. The van der Waals surface area contributed by atoms with Crippen molar-refractivity contribution in [3.05, 3.63) is 24.3 Å². The summed E-state index contributed by atoms with van der Waals surface area (Å²) < 4.78 is 53.9. The molecule has 0 radical (unpaired) electrons. The summed E-state index contributed by atoms with van der Waals surface area (Å²) in [5, 5.41) is 2.95. The fourth-order valence-electron chi connectivity index (χ4n) is 1.36. The molecule has 0 aromatic carbocycles. The Kier molecular flexibility index (Phi) is 6.10. The normalized spacial score (nSPS) is 13.8. The van der Waals surface area contributed by atoms with E-state index < -0.39 is 25.0 Å². The van der Waals surface area contributed by atoms with Gasteiger partial charge in [-0.1, -0.05) is 6.92 Å². The third-order valence-electron chi connectivity index (χ3n) is 2.29. The van der Waals surface area contributed by atoms with Crippen LogP contribution in [0.1, 0.15) is 18.7 Å². The highest BCUT2D eigenvalue weighted by Gasteiger charge is 2.41. The highest BCUT2D eigenvalue weighted by molar-refractivity contribution is 5.02. The number of nitrogens with one attached hydrogen (secondary N) is 1. The molecular formula is C11H15F4N3O. The summed E-state index contributed by atoms with van der Waals surface area (Å²) in [6, 6.07) is -0.466. The van der Waals surface area contributed by atoms with Gasteiger partial charge in [-0.25, -0.2) is 8.78 Å². The van der Waals surface area contributed by atoms with E-state index >= 15 is 0 Å². The molecule has 1 unspecified atom stereocenters. The topological polar surface area (TPSA) is 47.0 Å². The minimum Gasteiger partial charge on any atom is -0.373 e. The van der Waals surface area contributed by atoms with Gasteiger partial charge >= 0.3 is 12.3 Å². The molecule has 0 saturated heterocycles. The Labute approximate surface area is 108 Å². The molecular weight excluding hydrogens is 266 g/mol. The van der Waals surface area contributed by atoms with Crippen molar-refractivity contribution in [1.29, 1.82) is 0 Å². The Morgan fingerprint density at radius 3 is 2.63 bits per heavy atom. The Bertz CT molecular complexity index is 364. The summed E-state index contributed by atoms with van der Waals surface area (Å²) in [6.45, 7) is 0.856. The van der Waals surface area contributed by atoms with Crippen LogP contribution in [-0.4, -0.2) is 42.1 Å². The van der Waals surface area contributed by atoms with Gasteiger partial charge in [-0.2, -0.15) is 8.78 Å². The summed E-state index contributed by atoms with van der Waals surface area (Å²) >= 11 is 0. The molecule has 0 spiro atoms. The quantitative estimate of drug-likeness (QED) is 0.741. The van der Waals surface area contributed by atoms with Gasteiger partial charge in [0, 0.05) is 12.4 Å². The smallest absolute Gasteiger partial charge is 0.330 e. The molecule has 0 aliphatic carbocycles. The van der Waals surface area contributed by atoms with Crippen LogP contribution in [0.3, 0.4) is 0 Å². The van der Waals surface area contributed by atoms with E-state index in [1.165, 1.54) is 18.6 Å². The monoisotopic (exact) mass is 281 g/mol. The number of nitrogens with zero attached hydrogens (tertiary/aromatic N) is 2. The maximum Gasteiger partial charge on any atom is 0.330 e. The number of ether oxygens (including phenoxy) is 1. The molecule has 108 valence electrons. The van der Waals surface area contributed by atoms with E-state index in [2.05, 4.69) is 20.0 Å². The van der Waals surface area contributed by atoms with E-state index in [0.717, 1.165) is 0 Å². The van der Waals surface area contributed by atoms with Crippen molar-refractivity contribution < 1.29 is 22.3 Å². The Balaban J connectivity index is 2.52. The second-order valence-corrected chi connectivity index (χ2v) is 3.82. The molecule has 0 amide bonds. The second kappa shape index (κ2) is 7.34. The molecule has 0 saturated carbocycles. The Morgan fingerprint density at radius 2 is 2.11 bits per heavy atom. The third-order valence-corrected chi connectivity index (χ3v) is 2.29. The fraction of sp³-hybridized carbons (Fsp3) is 0.636. The van der Waals surface area contributed by atoms with Crippen LogP contribution < -0.4 is 5.32 Å². The van der Waals surface area contributed by atoms with E-state index in [1.54, 1.807) is 0 Å². The number of rotatable bonds is 8. The largest absolute Gasteiger partial charge is 0.373 e. The fourth-order valence-corrected chi connectivity index (χ4v) is 1.36. The number of hydrogen-bond acceptors (Lipinski definition) is 4. The van der Waals surface area contributed by atoms with Crippen molar-refractivity contribution >= 4 is 0 Å². The molecule has 1 rings (SSSR count). The van der Waals surface area contributed by atoms with Crippen molar-refractivity contribution in [2.45, 2.75) is 25.3 Å². The molecule has 1 aromatic heterocycles. The van der Waals surface area contributed by atoms with Gasteiger partial charge < -0.3 is 10.1 Å². The van der Waals surface area contributed by atoms with Gasteiger partial charge in [0.1, 0.15) is 6.61 Å². The van der Waals surface area contributed by atoms with Crippen molar-refractivity contribution in [1.82, 2.24) is 15.3 Å². The first-order valence-corrected chi connectivity index (χ1v) is 5.70. The molecule has 0 fully saturated rings. The van der Waals surface area contributed by atoms with Crippen molar-refractivity contribution in [3.8, 4) is 0 Å². The summed E-state index contributed by atoms with van der Waals surface area (Å²) in [6.07, 6.45) is 0.648. The molecule has 0 aliphatic rings. The molecule has 1 heterocycles. The molecule has 19 heavy (non-hydrogen) atoms. The average molecular weight is 281 g/mol. The van der Waals surface area contributed by atoms with E-state index in [1.807, 2.05) is 6.92 Å². The summed E-state index contributed by atoms with van der Waals surface area (Å²) in [4.78, 5) is 7.85. The SMILES string of the molecule is CCNC(COCC(F)(F)C(F)F)c1cnccn1. The molecule has 1 N–H and O–H groups in total. The lowest BCUT2D eigenvalue weighted by Gasteiger charge is -2.20. The molecule has 4 nitrogen and oxygen atoms in total. The van der Waals surface area contributed by atoms with Gasteiger partial charge in [0.15, 0.2) is 0 Å². The van der Waals surface area contributed by atoms with Crippen LogP contribution in [0, 0.1) is 0 Å². The molecule has 1 atom stereocenters. The standard InChI is InChI=1S/C11H15F4N3O/c1-2-17-9(8-5-16-3-4-18-8)6-19-7-11(14,15)10(12)13/h3-5,9-10,17H,2,6-7H2,1H3. The Morgan fingerprint density at radius 1 is 1.37 bits per heavy atom. The maximum absolute atomic E-state index is 12.7. The van der Waals surface area contributed by atoms with Crippen molar-refractivity contribution in [2.24, 2.45) is 0 Å². The first-order chi connectivity index (χ1) is 8.97. The number of hydrogen-bond donors (Lipinski definition) is 1. The lowest BCUT2D eigenvalue weighted by atomic mass is 10.2. The van der Waals surface area contributed by atoms with Crippen LogP contribution in [0.25, 0.3) is 0 Å². The highest BCUT2D eigenvalue weighted by Crippen LogP contribution is 2.23. The summed E-state index contributed by atoms with van der Waals surface area (Å²) in [5.74, 6) is -4.14. The van der Waals surface area contributed by atoms with Gasteiger partial charge in [-0.05, 0) is 6.54 Å². The van der Waals surface area contributed by atoms with E-state index in [9.17, 15) is 17.6 Å². The van der Waals surface area contributed by atoms with Crippen LogP contribution in [0.2, 0.25) is 0 Å². The Hall–Kier alpha value is -1.28.